The fraction of sp³-hybridized carbons (Fsp3) is 0.185. The molecule has 11 nitrogen and oxygen atoms in total. The summed E-state index contributed by atoms with van der Waals surface area (Å²) in [4.78, 5) is 36.3. The van der Waals surface area contributed by atoms with Crippen molar-refractivity contribution in [3.63, 3.8) is 0 Å². The summed E-state index contributed by atoms with van der Waals surface area (Å²) in [6.07, 6.45) is 2.54. The first-order chi connectivity index (χ1) is 18.3. The van der Waals surface area contributed by atoms with Gasteiger partial charge in [0.2, 0.25) is 5.91 Å². The Morgan fingerprint density at radius 3 is 2.29 bits per heavy atom. The van der Waals surface area contributed by atoms with Crippen LogP contribution in [0.2, 0.25) is 0 Å². The lowest BCUT2D eigenvalue weighted by Gasteiger charge is -2.13. The monoisotopic (exact) mass is 519 g/mol. The summed E-state index contributed by atoms with van der Waals surface area (Å²) in [7, 11) is 0. The van der Waals surface area contributed by atoms with Crippen LogP contribution in [0.3, 0.4) is 0 Å². The number of fused-ring (bicyclic) bond motifs is 1. The predicted molar refractivity (Wildman–Crippen MR) is 143 cm³/mol. The van der Waals surface area contributed by atoms with Gasteiger partial charge in [0, 0.05) is 6.54 Å². The lowest BCUT2D eigenvalue weighted by Crippen LogP contribution is -2.33. The summed E-state index contributed by atoms with van der Waals surface area (Å²) in [5, 5.41) is 28.3. The first kappa shape index (κ1) is 27.5. The lowest BCUT2D eigenvalue weighted by molar-refractivity contribution is -0.117. The van der Waals surface area contributed by atoms with Crippen LogP contribution in [0, 0.1) is 0 Å². The molecule has 0 heterocycles. The molecule has 0 aromatic heterocycles. The number of phenols is 1. The van der Waals surface area contributed by atoms with Gasteiger partial charge in [0.25, 0.3) is 11.8 Å². The van der Waals surface area contributed by atoms with Crippen LogP contribution in [0.15, 0.2) is 71.4 Å². The van der Waals surface area contributed by atoms with Crippen molar-refractivity contribution < 1.29 is 29.4 Å². The van der Waals surface area contributed by atoms with Crippen molar-refractivity contribution >= 4 is 40.4 Å². The second kappa shape index (κ2) is 13.3. The van der Waals surface area contributed by atoms with Crippen molar-refractivity contribution in [3.05, 3.63) is 77.4 Å². The molecular weight excluding hydrogens is 490 g/mol. The highest BCUT2D eigenvalue weighted by atomic mass is 16.5. The molecule has 0 saturated carbocycles. The van der Waals surface area contributed by atoms with Crippen LogP contribution >= 0.6 is 0 Å². The summed E-state index contributed by atoms with van der Waals surface area (Å²) in [5.41, 5.74) is 11.6. The highest BCUT2D eigenvalue weighted by Gasteiger charge is 2.16. The number of hydrogen-bond acceptors (Lipinski definition) is 7. The van der Waals surface area contributed by atoms with Gasteiger partial charge in [-0.15, -0.1) is 0 Å². The Morgan fingerprint density at radius 2 is 1.63 bits per heavy atom. The predicted octanol–water partition coefficient (Wildman–Crippen LogP) is 1.87. The number of benzene rings is 3. The minimum Gasteiger partial charge on any atom is -0.508 e. The van der Waals surface area contributed by atoms with E-state index in [9.17, 15) is 19.5 Å². The second-order valence-electron chi connectivity index (χ2n) is 8.29. The van der Waals surface area contributed by atoms with Crippen LogP contribution in [0.5, 0.6) is 11.5 Å². The maximum atomic E-state index is 12.6. The van der Waals surface area contributed by atoms with Gasteiger partial charge >= 0.3 is 0 Å². The van der Waals surface area contributed by atoms with Crippen molar-refractivity contribution in [1.29, 1.82) is 0 Å². The quantitative estimate of drug-likeness (QED) is 0.0525. The van der Waals surface area contributed by atoms with Gasteiger partial charge in [-0.25, -0.2) is 0 Å². The Labute approximate surface area is 218 Å². The fourth-order valence-electron chi connectivity index (χ4n) is 3.53. The average Bonchev–Trinajstić information content (AvgIpc) is 2.92. The van der Waals surface area contributed by atoms with Crippen molar-refractivity contribution in [2.45, 2.75) is 12.8 Å². The summed E-state index contributed by atoms with van der Waals surface area (Å²) < 4.78 is 5.88. The van der Waals surface area contributed by atoms with Gasteiger partial charge in [-0.2, -0.15) is 0 Å². The molecule has 3 amide bonds. The number of ether oxygens (including phenoxy) is 1. The number of phenolic OH excluding ortho intramolecular Hbond substituents is 1. The molecule has 3 aromatic carbocycles. The minimum atomic E-state index is -0.656. The van der Waals surface area contributed by atoms with Gasteiger partial charge < -0.3 is 37.2 Å². The third-order valence-electron chi connectivity index (χ3n) is 5.46. The smallest absolute Gasteiger partial charge is 0.255 e. The Balaban J connectivity index is 1.57. The van der Waals surface area contributed by atoms with Gasteiger partial charge in [0.15, 0.2) is 5.84 Å². The van der Waals surface area contributed by atoms with Crippen molar-refractivity contribution in [1.82, 2.24) is 10.6 Å². The fourth-order valence-corrected chi connectivity index (χ4v) is 3.53. The molecule has 8 N–H and O–H groups in total. The van der Waals surface area contributed by atoms with Crippen molar-refractivity contribution in [3.8, 4) is 11.5 Å². The number of aromatic hydroxyl groups is 1. The number of carbonyl (C=O) groups is 3. The largest absolute Gasteiger partial charge is 0.508 e. The zero-order valence-corrected chi connectivity index (χ0v) is 20.5. The van der Waals surface area contributed by atoms with E-state index in [4.69, 9.17) is 21.4 Å². The Kier molecular flexibility index (Phi) is 9.64. The SMILES string of the molecule is NC(=O)CNC(=O)c1cc2ccccc2cc1OCCCCNC(=O)C(=C/c1ccc(O)cc1)/C(N)=N/O. The minimum absolute atomic E-state index is 0.0304. The molecule has 0 saturated heterocycles. The molecule has 3 rings (SSSR count). The molecule has 0 aliphatic rings. The van der Waals surface area contributed by atoms with Crippen LogP contribution < -0.4 is 26.8 Å². The van der Waals surface area contributed by atoms with E-state index in [2.05, 4.69) is 15.8 Å². The maximum absolute atomic E-state index is 12.6. The van der Waals surface area contributed by atoms with Gasteiger partial charge in [-0.1, -0.05) is 41.6 Å². The standard InChI is InChI=1S/C27H29N5O6/c28-24(34)16-31-26(35)21-14-18-5-1-2-6-19(18)15-23(21)38-12-4-3-11-30-27(36)22(25(29)32-37)13-17-7-9-20(33)10-8-17/h1-2,5-10,13-15,33,37H,3-4,11-12,16H2,(H2,28,34)(H2,29,32)(H,30,36)(H,31,35)/b22-13+. The lowest BCUT2D eigenvalue weighted by atomic mass is 10.1. The number of nitrogens with one attached hydrogen (secondary N) is 2. The molecule has 3 aromatic rings. The average molecular weight is 520 g/mol. The number of nitrogens with zero attached hydrogens (tertiary/aromatic N) is 1. The molecule has 0 atom stereocenters. The summed E-state index contributed by atoms with van der Waals surface area (Å²) in [5.74, 6) is -1.58. The number of unbranched alkanes of at least 4 members (excludes halogenated alkanes) is 1. The number of rotatable bonds is 12. The molecule has 38 heavy (non-hydrogen) atoms. The van der Waals surface area contributed by atoms with E-state index < -0.39 is 17.7 Å². The number of primary amides is 1. The third-order valence-corrected chi connectivity index (χ3v) is 5.46. The van der Waals surface area contributed by atoms with Gasteiger partial charge in [-0.05, 0) is 59.5 Å². The zero-order chi connectivity index (χ0) is 27.5. The van der Waals surface area contributed by atoms with Crippen LogP contribution in [0.1, 0.15) is 28.8 Å². The van der Waals surface area contributed by atoms with E-state index >= 15 is 0 Å². The van der Waals surface area contributed by atoms with Gasteiger partial charge in [-0.3, -0.25) is 14.4 Å². The number of oxime groups is 1. The molecule has 0 unspecified atom stereocenters. The van der Waals surface area contributed by atoms with E-state index in [1.807, 2.05) is 24.3 Å². The Morgan fingerprint density at radius 1 is 0.947 bits per heavy atom. The van der Waals surface area contributed by atoms with E-state index in [0.717, 1.165) is 10.8 Å². The molecule has 0 aliphatic carbocycles. The zero-order valence-electron chi connectivity index (χ0n) is 20.5. The van der Waals surface area contributed by atoms with Crippen molar-refractivity contribution in [2.24, 2.45) is 16.6 Å². The molecule has 0 bridgehead atoms. The first-order valence-corrected chi connectivity index (χ1v) is 11.8. The molecule has 198 valence electrons. The summed E-state index contributed by atoms with van der Waals surface area (Å²) in [6.45, 7) is 0.262. The molecule has 11 heteroatoms. The first-order valence-electron chi connectivity index (χ1n) is 11.8. The number of nitrogens with two attached hydrogens (primary N) is 2. The molecule has 0 aliphatic heterocycles. The third kappa shape index (κ3) is 7.72. The summed E-state index contributed by atoms with van der Waals surface area (Å²) in [6, 6.07) is 17.0. The molecule has 0 spiro atoms. The molecule has 0 fully saturated rings. The number of carbonyl (C=O) groups excluding carboxylic acids is 3. The Hall–Kier alpha value is -5.06. The van der Waals surface area contributed by atoms with Crippen LogP contribution in [0.25, 0.3) is 16.8 Å². The van der Waals surface area contributed by atoms with E-state index in [0.29, 0.717) is 24.2 Å². The van der Waals surface area contributed by atoms with Crippen LogP contribution in [-0.4, -0.2) is 53.6 Å². The number of amidine groups is 1. The molecular formula is C27H29N5O6. The van der Waals surface area contributed by atoms with Crippen LogP contribution in [0.4, 0.5) is 0 Å². The highest BCUT2D eigenvalue weighted by molar-refractivity contribution is 6.23. The number of hydrogen-bond donors (Lipinski definition) is 6. The van der Waals surface area contributed by atoms with Gasteiger partial charge in [0.1, 0.15) is 11.5 Å². The highest BCUT2D eigenvalue weighted by Crippen LogP contribution is 2.26. The van der Waals surface area contributed by atoms with E-state index in [1.165, 1.54) is 18.2 Å². The van der Waals surface area contributed by atoms with Crippen LogP contribution in [-0.2, 0) is 9.59 Å². The normalized spacial score (nSPS) is 11.7. The Bertz CT molecular complexity index is 1370. The maximum Gasteiger partial charge on any atom is 0.255 e. The topological polar surface area (TPSA) is 189 Å². The van der Waals surface area contributed by atoms with Gasteiger partial charge in [0.05, 0.1) is 24.3 Å². The van der Waals surface area contributed by atoms with E-state index in [1.54, 1.807) is 24.3 Å². The van der Waals surface area contributed by atoms with E-state index in [-0.39, 0.29) is 42.4 Å². The number of amides is 3. The molecule has 0 radical (unpaired) electrons. The second-order valence-corrected chi connectivity index (χ2v) is 8.29. The summed E-state index contributed by atoms with van der Waals surface area (Å²) >= 11 is 0. The van der Waals surface area contributed by atoms with Crippen molar-refractivity contribution in [2.75, 3.05) is 19.7 Å².